The number of anilines is 1. The van der Waals surface area contributed by atoms with E-state index in [4.69, 9.17) is 4.42 Å². The maximum atomic E-state index is 12.1. The number of non-ortho nitro benzene ring substituents is 1. The van der Waals surface area contributed by atoms with Crippen LogP contribution in [0.25, 0.3) is 10.8 Å². The fraction of sp³-hybridized carbons (Fsp3) is 0.250. The highest BCUT2D eigenvalue weighted by molar-refractivity contribution is 7.13. The molecular weight excluding hydrogens is 344 g/mol. The van der Waals surface area contributed by atoms with Crippen LogP contribution in [-0.4, -0.2) is 20.7 Å². The van der Waals surface area contributed by atoms with Gasteiger partial charge in [0.1, 0.15) is 6.67 Å². The Bertz CT molecular complexity index is 992. The highest BCUT2D eigenvalue weighted by atomic mass is 32.1. The summed E-state index contributed by atoms with van der Waals surface area (Å²) in [7, 11) is 0. The molecule has 4 rings (SSSR count). The number of nitro groups is 1. The van der Waals surface area contributed by atoms with E-state index in [-0.39, 0.29) is 18.4 Å². The molecular formula is C16H14N4O4S. The molecule has 0 amide bonds. The minimum absolute atomic E-state index is 0.0754. The lowest BCUT2D eigenvalue weighted by atomic mass is 10.1. The van der Waals surface area contributed by atoms with Gasteiger partial charge in [0.05, 0.1) is 9.80 Å². The van der Waals surface area contributed by atoms with Crippen molar-refractivity contribution in [2.75, 3.05) is 4.90 Å². The van der Waals surface area contributed by atoms with Gasteiger partial charge in [-0.25, -0.2) is 4.79 Å². The largest absolute Gasteiger partial charge is 0.439 e. The molecule has 0 radical (unpaired) electrons. The van der Waals surface area contributed by atoms with E-state index in [0.29, 0.717) is 12.3 Å². The zero-order chi connectivity index (χ0) is 17.6. The van der Waals surface area contributed by atoms with Gasteiger partial charge >= 0.3 is 5.76 Å². The molecule has 0 saturated carbocycles. The first-order valence-electron chi connectivity index (χ1n) is 7.68. The molecule has 1 unspecified atom stereocenters. The second kappa shape index (κ2) is 5.85. The molecule has 8 nitrogen and oxygen atoms in total. The van der Waals surface area contributed by atoms with Gasteiger partial charge < -0.3 is 9.32 Å². The number of aromatic nitrogens is 2. The van der Waals surface area contributed by atoms with Gasteiger partial charge in [0.25, 0.3) is 11.6 Å². The Morgan fingerprint density at radius 3 is 3.00 bits per heavy atom. The van der Waals surface area contributed by atoms with Crippen molar-refractivity contribution in [3.8, 4) is 10.8 Å². The van der Waals surface area contributed by atoms with Gasteiger partial charge in [-0.15, -0.1) is 16.4 Å². The van der Waals surface area contributed by atoms with E-state index in [1.807, 2.05) is 29.3 Å². The molecule has 3 heterocycles. The van der Waals surface area contributed by atoms with Crippen LogP contribution in [0.15, 0.2) is 44.9 Å². The predicted octanol–water partition coefficient (Wildman–Crippen LogP) is 2.88. The molecule has 128 valence electrons. The Morgan fingerprint density at radius 1 is 1.44 bits per heavy atom. The number of nitrogens with zero attached hydrogens (tertiary/aromatic N) is 4. The first-order chi connectivity index (χ1) is 12.0. The van der Waals surface area contributed by atoms with Gasteiger partial charge in [-0.05, 0) is 36.4 Å². The molecule has 1 aromatic carbocycles. The lowest BCUT2D eigenvalue weighted by molar-refractivity contribution is -0.384. The number of benzene rings is 1. The molecule has 0 aliphatic carbocycles. The number of hydrogen-bond donors (Lipinski definition) is 0. The normalized spacial score (nSPS) is 16.2. The Balaban J connectivity index is 1.64. The second-order valence-corrected chi connectivity index (χ2v) is 6.83. The lowest BCUT2D eigenvalue weighted by Gasteiger charge is -2.23. The van der Waals surface area contributed by atoms with E-state index in [1.165, 1.54) is 22.1 Å². The first kappa shape index (κ1) is 15.6. The molecule has 2 aromatic heterocycles. The molecule has 0 bridgehead atoms. The predicted molar refractivity (Wildman–Crippen MR) is 92.8 cm³/mol. The van der Waals surface area contributed by atoms with Crippen LogP contribution in [0.4, 0.5) is 11.4 Å². The molecule has 0 fully saturated rings. The Labute approximate surface area is 146 Å². The summed E-state index contributed by atoms with van der Waals surface area (Å²) in [6.45, 7) is 2.25. The van der Waals surface area contributed by atoms with E-state index in [1.54, 1.807) is 12.1 Å². The third kappa shape index (κ3) is 2.72. The van der Waals surface area contributed by atoms with Crippen LogP contribution < -0.4 is 10.7 Å². The number of fused-ring (bicyclic) bond motifs is 1. The zero-order valence-electron chi connectivity index (χ0n) is 13.3. The first-order valence-corrected chi connectivity index (χ1v) is 8.56. The van der Waals surface area contributed by atoms with Crippen molar-refractivity contribution < 1.29 is 9.34 Å². The van der Waals surface area contributed by atoms with Gasteiger partial charge in [0, 0.05) is 23.9 Å². The summed E-state index contributed by atoms with van der Waals surface area (Å²) in [6.07, 6.45) is 0.682. The highest BCUT2D eigenvalue weighted by Crippen LogP contribution is 2.34. The van der Waals surface area contributed by atoms with Gasteiger partial charge in [-0.3, -0.25) is 10.1 Å². The van der Waals surface area contributed by atoms with Crippen LogP contribution in [0.5, 0.6) is 0 Å². The molecule has 3 aromatic rings. The van der Waals surface area contributed by atoms with Crippen molar-refractivity contribution in [3.63, 3.8) is 0 Å². The molecule has 1 aliphatic heterocycles. The van der Waals surface area contributed by atoms with Crippen LogP contribution in [0, 0.1) is 10.1 Å². The van der Waals surface area contributed by atoms with Crippen molar-refractivity contribution in [1.82, 2.24) is 9.78 Å². The van der Waals surface area contributed by atoms with Crippen molar-refractivity contribution in [2.45, 2.75) is 26.1 Å². The summed E-state index contributed by atoms with van der Waals surface area (Å²) in [5, 5.41) is 17.1. The maximum absolute atomic E-state index is 12.1. The van der Waals surface area contributed by atoms with Crippen LogP contribution in [-0.2, 0) is 13.1 Å². The standard InChI is InChI=1S/C16H14N4O4S/c1-10-7-11-8-12(20(22)23)4-5-13(11)18(10)9-19-16(21)24-15(17-19)14-3-2-6-25-14/h2-6,8,10H,7,9H2,1H3. The molecule has 25 heavy (non-hydrogen) atoms. The van der Waals surface area contributed by atoms with E-state index in [0.717, 1.165) is 16.1 Å². The van der Waals surface area contributed by atoms with Crippen molar-refractivity contribution in [1.29, 1.82) is 0 Å². The zero-order valence-corrected chi connectivity index (χ0v) is 14.1. The molecule has 9 heteroatoms. The summed E-state index contributed by atoms with van der Waals surface area (Å²) < 4.78 is 6.51. The van der Waals surface area contributed by atoms with Crippen molar-refractivity contribution in [3.05, 3.63) is 61.9 Å². The number of nitro benzene ring substituents is 1. The average Bonchev–Trinajstić information content (AvgIpc) is 3.28. The van der Waals surface area contributed by atoms with Gasteiger partial charge in [-0.1, -0.05) is 6.07 Å². The molecule has 0 spiro atoms. The van der Waals surface area contributed by atoms with Crippen molar-refractivity contribution in [2.24, 2.45) is 0 Å². The van der Waals surface area contributed by atoms with Crippen LogP contribution in [0.3, 0.4) is 0 Å². The second-order valence-electron chi connectivity index (χ2n) is 5.88. The molecule has 1 aliphatic rings. The van der Waals surface area contributed by atoms with E-state index >= 15 is 0 Å². The average molecular weight is 358 g/mol. The molecule has 0 saturated heterocycles. The molecule has 0 N–H and O–H groups in total. The highest BCUT2D eigenvalue weighted by Gasteiger charge is 2.29. The minimum atomic E-state index is -0.522. The number of rotatable bonds is 4. The Morgan fingerprint density at radius 2 is 2.28 bits per heavy atom. The number of hydrogen-bond acceptors (Lipinski definition) is 7. The summed E-state index contributed by atoms with van der Waals surface area (Å²) in [5.41, 5.74) is 1.86. The van der Waals surface area contributed by atoms with Crippen LogP contribution >= 0.6 is 11.3 Å². The fourth-order valence-corrected chi connectivity index (χ4v) is 3.69. The smallest absolute Gasteiger partial charge is 0.387 e. The topological polar surface area (TPSA) is 94.4 Å². The SMILES string of the molecule is CC1Cc2cc([N+](=O)[O-])ccc2N1Cn1nc(-c2cccs2)oc1=O. The third-order valence-corrected chi connectivity index (χ3v) is 5.11. The summed E-state index contributed by atoms with van der Waals surface area (Å²) in [4.78, 5) is 25.4. The molecule has 1 atom stereocenters. The van der Waals surface area contributed by atoms with E-state index in [2.05, 4.69) is 5.10 Å². The minimum Gasteiger partial charge on any atom is -0.387 e. The monoisotopic (exact) mass is 358 g/mol. The van der Waals surface area contributed by atoms with Gasteiger partial charge in [-0.2, -0.15) is 4.68 Å². The third-order valence-electron chi connectivity index (χ3n) is 4.26. The number of thiophene rings is 1. The fourth-order valence-electron chi connectivity index (χ4n) is 3.05. The summed E-state index contributed by atoms with van der Waals surface area (Å²) in [6, 6.07) is 8.60. The Hall–Kier alpha value is -2.94. The summed E-state index contributed by atoms with van der Waals surface area (Å²) in [5.74, 6) is -0.221. The van der Waals surface area contributed by atoms with Crippen LogP contribution in [0.1, 0.15) is 12.5 Å². The van der Waals surface area contributed by atoms with Gasteiger partial charge in [0.15, 0.2) is 0 Å². The van der Waals surface area contributed by atoms with E-state index < -0.39 is 10.7 Å². The lowest BCUT2D eigenvalue weighted by Crippen LogP contribution is -2.35. The summed E-state index contributed by atoms with van der Waals surface area (Å²) >= 11 is 1.45. The van der Waals surface area contributed by atoms with Gasteiger partial charge in [0.2, 0.25) is 0 Å². The maximum Gasteiger partial charge on any atom is 0.439 e. The van der Waals surface area contributed by atoms with E-state index in [9.17, 15) is 14.9 Å². The quantitative estimate of drug-likeness (QED) is 0.526. The Kier molecular flexibility index (Phi) is 3.65. The van der Waals surface area contributed by atoms with Crippen molar-refractivity contribution >= 4 is 22.7 Å². The van der Waals surface area contributed by atoms with Crippen LogP contribution in [0.2, 0.25) is 0 Å².